The molecular weight excluding hydrogens is 294 g/mol. The van der Waals surface area contributed by atoms with Crippen molar-refractivity contribution in [3.63, 3.8) is 0 Å². The first kappa shape index (κ1) is 15.8. The van der Waals surface area contributed by atoms with Crippen molar-refractivity contribution >= 4 is 11.9 Å². The van der Waals surface area contributed by atoms with Crippen LogP contribution in [-0.4, -0.2) is 53.7 Å². The Morgan fingerprint density at radius 1 is 1.30 bits per heavy atom. The quantitative estimate of drug-likeness (QED) is 0.680. The van der Waals surface area contributed by atoms with Crippen LogP contribution in [0.25, 0.3) is 0 Å². The Labute approximate surface area is 135 Å². The predicted molar refractivity (Wildman–Crippen MR) is 85.9 cm³/mol. The second-order valence-corrected chi connectivity index (χ2v) is 6.24. The number of aliphatic hydroxyl groups is 1. The number of rotatable bonds is 6. The average molecular weight is 317 g/mol. The van der Waals surface area contributed by atoms with Gasteiger partial charge in [-0.2, -0.15) is 0 Å². The number of hydrogen-bond acceptors (Lipinski definition) is 3. The Hall–Kier alpha value is -2.08. The van der Waals surface area contributed by atoms with Crippen molar-refractivity contribution in [3.8, 4) is 0 Å². The molecule has 1 heterocycles. The molecule has 0 radical (unpaired) electrons. The van der Waals surface area contributed by atoms with E-state index in [0.717, 1.165) is 6.42 Å². The van der Waals surface area contributed by atoms with Crippen molar-refractivity contribution < 1.29 is 14.7 Å². The second-order valence-electron chi connectivity index (χ2n) is 6.24. The molecule has 1 aromatic rings. The summed E-state index contributed by atoms with van der Waals surface area (Å²) in [7, 11) is 0. The number of benzene rings is 1. The minimum absolute atomic E-state index is 0.0541. The van der Waals surface area contributed by atoms with E-state index in [1.54, 1.807) is 0 Å². The van der Waals surface area contributed by atoms with Crippen LogP contribution in [0.15, 0.2) is 30.3 Å². The number of aliphatic hydroxyl groups excluding tert-OH is 1. The normalized spacial score (nSPS) is 26.2. The summed E-state index contributed by atoms with van der Waals surface area (Å²) < 4.78 is 0. The first-order valence-electron chi connectivity index (χ1n) is 8.18. The first-order valence-corrected chi connectivity index (χ1v) is 8.18. The topological polar surface area (TPSA) is 81.7 Å². The van der Waals surface area contributed by atoms with Crippen LogP contribution >= 0.6 is 0 Å². The molecule has 1 aliphatic carbocycles. The lowest BCUT2D eigenvalue weighted by atomic mass is 10.1. The van der Waals surface area contributed by atoms with Crippen LogP contribution in [-0.2, 0) is 4.79 Å². The fourth-order valence-corrected chi connectivity index (χ4v) is 3.25. The molecule has 3 unspecified atom stereocenters. The molecule has 1 saturated carbocycles. The highest BCUT2D eigenvalue weighted by molar-refractivity contribution is 5.82. The van der Waals surface area contributed by atoms with Gasteiger partial charge in [0.2, 0.25) is 5.91 Å². The molecule has 23 heavy (non-hydrogen) atoms. The molecule has 6 nitrogen and oxygen atoms in total. The summed E-state index contributed by atoms with van der Waals surface area (Å²) >= 11 is 0. The molecule has 2 fully saturated rings. The van der Waals surface area contributed by atoms with E-state index in [4.69, 9.17) is 5.11 Å². The highest BCUT2D eigenvalue weighted by Gasteiger charge is 2.47. The largest absolute Gasteiger partial charge is 0.396 e. The fraction of sp³-hybridized carbons (Fsp3) is 0.529. The highest BCUT2D eigenvalue weighted by atomic mass is 16.3. The van der Waals surface area contributed by atoms with E-state index in [1.165, 1.54) is 5.56 Å². The molecule has 3 amide bonds. The Morgan fingerprint density at radius 3 is 2.83 bits per heavy atom. The van der Waals surface area contributed by atoms with Gasteiger partial charge < -0.3 is 20.6 Å². The van der Waals surface area contributed by atoms with Gasteiger partial charge in [0.1, 0.15) is 0 Å². The van der Waals surface area contributed by atoms with E-state index in [9.17, 15) is 9.59 Å². The molecule has 3 N–H and O–H groups in total. The Balaban J connectivity index is 1.48. The maximum Gasteiger partial charge on any atom is 0.315 e. The minimum atomic E-state index is -0.270. The first-order chi connectivity index (χ1) is 11.2. The summed E-state index contributed by atoms with van der Waals surface area (Å²) in [6, 6.07) is 10.1. The Morgan fingerprint density at radius 2 is 2.09 bits per heavy atom. The maximum atomic E-state index is 12.2. The summed E-state index contributed by atoms with van der Waals surface area (Å²) in [5.41, 5.74) is 1.28. The number of carbonyl (C=O) groups excluding carboxylic acids is 2. The van der Waals surface area contributed by atoms with Crippen molar-refractivity contribution in [2.24, 2.45) is 0 Å². The summed E-state index contributed by atoms with van der Waals surface area (Å²) in [6.45, 7) is 1.07. The molecular formula is C17H23N3O3. The van der Waals surface area contributed by atoms with Crippen LogP contribution in [0.4, 0.5) is 4.79 Å². The SMILES string of the molecule is O=C(NCCCO)NC1CC(=O)N(C2CC2c2ccccc2)C1. The third kappa shape index (κ3) is 3.82. The number of nitrogens with one attached hydrogen (secondary N) is 2. The van der Waals surface area contributed by atoms with Crippen LogP contribution in [0.3, 0.4) is 0 Å². The van der Waals surface area contributed by atoms with E-state index in [-0.39, 0.29) is 30.6 Å². The minimum Gasteiger partial charge on any atom is -0.396 e. The van der Waals surface area contributed by atoms with Crippen molar-refractivity contribution in [1.82, 2.24) is 15.5 Å². The second kappa shape index (κ2) is 7.00. The zero-order chi connectivity index (χ0) is 16.2. The van der Waals surface area contributed by atoms with Gasteiger partial charge in [-0.05, 0) is 18.4 Å². The number of urea groups is 1. The monoisotopic (exact) mass is 317 g/mol. The summed E-state index contributed by atoms with van der Waals surface area (Å²) in [5, 5.41) is 14.2. The molecule has 0 spiro atoms. The van der Waals surface area contributed by atoms with Gasteiger partial charge in [-0.3, -0.25) is 4.79 Å². The smallest absolute Gasteiger partial charge is 0.315 e. The molecule has 0 aromatic heterocycles. The average Bonchev–Trinajstić information content (AvgIpc) is 3.26. The van der Waals surface area contributed by atoms with Gasteiger partial charge in [-0.15, -0.1) is 0 Å². The van der Waals surface area contributed by atoms with E-state index in [2.05, 4.69) is 22.8 Å². The summed E-state index contributed by atoms with van der Waals surface area (Å²) in [5.74, 6) is 0.548. The zero-order valence-corrected chi connectivity index (χ0v) is 13.1. The Kier molecular flexibility index (Phi) is 4.81. The van der Waals surface area contributed by atoms with Crippen molar-refractivity contribution in [2.45, 2.75) is 37.3 Å². The van der Waals surface area contributed by atoms with Gasteiger partial charge in [-0.1, -0.05) is 30.3 Å². The standard InChI is InChI=1S/C17H23N3O3/c21-8-4-7-18-17(23)19-13-9-16(22)20(11-13)15-10-14(15)12-5-2-1-3-6-12/h1-3,5-6,13-15,21H,4,7-11H2,(H2,18,19,23). The molecule has 0 bridgehead atoms. The molecule has 3 atom stereocenters. The maximum absolute atomic E-state index is 12.2. The van der Waals surface area contributed by atoms with Crippen molar-refractivity contribution in [2.75, 3.05) is 19.7 Å². The molecule has 1 aliphatic heterocycles. The molecule has 124 valence electrons. The van der Waals surface area contributed by atoms with Crippen LogP contribution in [0, 0.1) is 0 Å². The molecule has 2 aliphatic rings. The summed E-state index contributed by atoms with van der Waals surface area (Å²) in [4.78, 5) is 25.8. The third-order valence-electron chi connectivity index (χ3n) is 4.50. The van der Waals surface area contributed by atoms with Crippen LogP contribution in [0.2, 0.25) is 0 Å². The molecule has 6 heteroatoms. The highest BCUT2D eigenvalue weighted by Crippen LogP contribution is 2.45. The lowest BCUT2D eigenvalue weighted by Gasteiger charge is -2.17. The number of hydrogen-bond donors (Lipinski definition) is 3. The number of nitrogens with zero attached hydrogens (tertiary/aromatic N) is 1. The van der Waals surface area contributed by atoms with Gasteiger partial charge in [0.05, 0.1) is 6.04 Å². The van der Waals surface area contributed by atoms with Crippen LogP contribution in [0.1, 0.15) is 30.7 Å². The van der Waals surface area contributed by atoms with Crippen LogP contribution < -0.4 is 10.6 Å². The van der Waals surface area contributed by atoms with E-state index in [0.29, 0.717) is 31.8 Å². The van der Waals surface area contributed by atoms with Gasteiger partial charge in [0.25, 0.3) is 0 Å². The molecule has 1 aromatic carbocycles. The van der Waals surface area contributed by atoms with Crippen LogP contribution in [0.5, 0.6) is 0 Å². The van der Waals surface area contributed by atoms with Gasteiger partial charge in [0.15, 0.2) is 0 Å². The summed E-state index contributed by atoms with van der Waals surface area (Å²) in [6.07, 6.45) is 1.90. The number of likely N-dealkylation sites (tertiary alicyclic amines) is 1. The van der Waals surface area contributed by atoms with E-state index in [1.807, 2.05) is 23.1 Å². The number of amides is 3. The van der Waals surface area contributed by atoms with E-state index >= 15 is 0 Å². The fourth-order valence-electron chi connectivity index (χ4n) is 3.25. The molecule has 1 saturated heterocycles. The predicted octanol–water partition coefficient (Wildman–Crippen LogP) is 0.825. The zero-order valence-electron chi connectivity index (χ0n) is 13.1. The Bertz CT molecular complexity index is 563. The van der Waals surface area contributed by atoms with Crippen molar-refractivity contribution in [1.29, 1.82) is 0 Å². The number of carbonyl (C=O) groups is 2. The van der Waals surface area contributed by atoms with Gasteiger partial charge >= 0.3 is 6.03 Å². The van der Waals surface area contributed by atoms with Gasteiger partial charge in [-0.25, -0.2) is 4.79 Å². The lowest BCUT2D eigenvalue weighted by Crippen LogP contribution is -2.44. The molecule has 3 rings (SSSR count). The van der Waals surface area contributed by atoms with Gasteiger partial charge in [0, 0.05) is 38.1 Å². The van der Waals surface area contributed by atoms with Crippen molar-refractivity contribution in [3.05, 3.63) is 35.9 Å². The lowest BCUT2D eigenvalue weighted by molar-refractivity contribution is -0.128. The third-order valence-corrected chi connectivity index (χ3v) is 4.50. The van der Waals surface area contributed by atoms with E-state index < -0.39 is 0 Å².